The Kier molecular flexibility index (Phi) is 4.79. The molecule has 0 bridgehead atoms. The molecule has 1 heterocycles. The van der Waals surface area contributed by atoms with Crippen LogP contribution in [0.1, 0.15) is 25.3 Å². The van der Waals surface area contributed by atoms with Crippen LogP contribution in [0.25, 0.3) is 0 Å². The van der Waals surface area contributed by atoms with Crippen molar-refractivity contribution in [2.24, 2.45) is 0 Å². The lowest BCUT2D eigenvalue weighted by Gasteiger charge is -2.10. The highest BCUT2D eigenvalue weighted by Gasteiger charge is 2.23. The van der Waals surface area contributed by atoms with E-state index in [1.807, 2.05) is 13.0 Å². The van der Waals surface area contributed by atoms with Crippen LogP contribution in [0, 0.1) is 11.3 Å². The Balaban J connectivity index is 1.53. The number of thioether (sulfide) groups is 1. The molecule has 1 aromatic carbocycles. The summed E-state index contributed by atoms with van der Waals surface area (Å²) < 4.78 is 0.774. The summed E-state index contributed by atoms with van der Waals surface area (Å²) in [5.74, 6) is -0.105. The molecular formula is C15H15N5OS2. The second-order valence-electron chi connectivity index (χ2n) is 5.23. The molecule has 3 rings (SSSR count). The van der Waals surface area contributed by atoms with Gasteiger partial charge >= 0.3 is 0 Å². The fraction of sp³-hybridized carbons (Fsp3) is 0.333. The minimum Gasteiger partial charge on any atom is -0.357 e. The van der Waals surface area contributed by atoms with Crippen molar-refractivity contribution in [3.63, 3.8) is 0 Å². The fourth-order valence-electron chi connectivity index (χ4n) is 1.79. The van der Waals surface area contributed by atoms with Crippen LogP contribution in [0.2, 0.25) is 0 Å². The first-order valence-corrected chi connectivity index (χ1v) is 8.91. The highest BCUT2D eigenvalue weighted by Crippen LogP contribution is 2.32. The number of benzene rings is 1. The van der Waals surface area contributed by atoms with E-state index in [4.69, 9.17) is 5.26 Å². The van der Waals surface area contributed by atoms with Gasteiger partial charge in [-0.05, 0) is 44.0 Å². The number of nitrogens with zero attached hydrogens (tertiary/aromatic N) is 3. The first-order chi connectivity index (χ1) is 11.1. The summed E-state index contributed by atoms with van der Waals surface area (Å²) in [6, 6.07) is 9.37. The van der Waals surface area contributed by atoms with E-state index < -0.39 is 0 Å². The number of anilines is 2. The Labute approximate surface area is 142 Å². The van der Waals surface area contributed by atoms with Crippen molar-refractivity contribution in [1.82, 2.24) is 10.2 Å². The van der Waals surface area contributed by atoms with Crippen LogP contribution in [-0.4, -0.2) is 27.4 Å². The van der Waals surface area contributed by atoms with Gasteiger partial charge in [0.05, 0.1) is 16.9 Å². The van der Waals surface area contributed by atoms with Gasteiger partial charge in [0.15, 0.2) is 4.34 Å². The zero-order valence-corrected chi connectivity index (χ0v) is 14.1. The molecule has 0 unspecified atom stereocenters. The van der Waals surface area contributed by atoms with E-state index in [1.54, 1.807) is 24.3 Å². The van der Waals surface area contributed by atoms with Gasteiger partial charge in [-0.15, -0.1) is 10.2 Å². The summed E-state index contributed by atoms with van der Waals surface area (Å²) in [5.41, 5.74) is 1.24. The third-order valence-corrected chi connectivity index (χ3v) is 5.28. The molecule has 0 aliphatic heterocycles. The number of hydrogen-bond donors (Lipinski definition) is 2. The monoisotopic (exact) mass is 345 g/mol. The molecule has 1 fully saturated rings. The van der Waals surface area contributed by atoms with Crippen molar-refractivity contribution in [1.29, 1.82) is 5.26 Å². The Hall–Kier alpha value is -2.11. The van der Waals surface area contributed by atoms with Crippen molar-refractivity contribution in [3.05, 3.63) is 29.8 Å². The number of aromatic nitrogens is 2. The van der Waals surface area contributed by atoms with E-state index in [2.05, 4.69) is 20.8 Å². The van der Waals surface area contributed by atoms with Crippen molar-refractivity contribution in [2.75, 3.05) is 10.6 Å². The molecule has 0 spiro atoms. The second-order valence-corrected chi connectivity index (χ2v) is 7.80. The van der Waals surface area contributed by atoms with Gasteiger partial charge in [0.1, 0.15) is 0 Å². The average molecular weight is 345 g/mol. The number of nitriles is 1. The van der Waals surface area contributed by atoms with Crippen molar-refractivity contribution < 1.29 is 4.79 Å². The minimum atomic E-state index is -0.285. The summed E-state index contributed by atoms with van der Waals surface area (Å²) in [5, 5.41) is 23.6. The predicted octanol–water partition coefficient (Wildman–Crippen LogP) is 3.10. The van der Waals surface area contributed by atoms with E-state index in [1.165, 1.54) is 35.9 Å². The molecule has 6 nitrogen and oxygen atoms in total. The maximum absolute atomic E-state index is 12.2. The average Bonchev–Trinajstić information content (AvgIpc) is 3.26. The lowest BCUT2D eigenvalue weighted by molar-refractivity contribution is -0.115. The Morgan fingerprint density at radius 3 is 2.78 bits per heavy atom. The maximum Gasteiger partial charge on any atom is 0.237 e. The van der Waals surface area contributed by atoms with Crippen molar-refractivity contribution in [3.8, 4) is 6.07 Å². The number of carbonyl (C=O) groups excluding carboxylic acids is 1. The van der Waals surface area contributed by atoms with Crippen molar-refractivity contribution in [2.45, 2.75) is 35.4 Å². The first-order valence-electron chi connectivity index (χ1n) is 7.22. The van der Waals surface area contributed by atoms with Gasteiger partial charge in [0.2, 0.25) is 11.0 Å². The van der Waals surface area contributed by atoms with Crippen LogP contribution in [0.15, 0.2) is 28.6 Å². The smallest absolute Gasteiger partial charge is 0.237 e. The molecule has 1 aliphatic rings. The van der Waals surface area contributed by atoms with Gasteiger partial charge in [-0.1, -0.05) is 23.1 Å². The van der Waals surface area contributed by atoms with Crippen LogP contribution in [0.5, 0.6) is 0 Å². The summed E-state index contributed by atoms with van der Waals surface area (Å²) in [6.45, 7) is 1.83. The van der Waals surface area contributed by atoms with Crippen molar-refractivity contribution >= 4 is 39.8 Å². The molecule has 0 radical (unpaired) electrons. The van der Waals surface area contributed by atoms with Gasteiger partial charge in [-0.3, -0.25) is 4.79 Å². The summed E-state index contributed by atoms with van der Waals surface area (Å²) in [7, 11) is 0. The van der Waals surface area contributed by atoms with Crippen LogP contribution in [0.3, 0.4) is 0 Å². The molecule has 1 aromatic heterocycles. The van der Waals surface area contributed by atoms with Gasteiger partial charge in [-0.2, -0.15) is 5.26 Å². The molecule has 1 atom stereocenters. The molecule has 23 heavy (non-hydrogen) atoms. The first kappa shape index (κ1) is 15.8. The maximum atomic E-state index is 12.2. The zero-order valence-electron chi connectivity index (χ0n) is 12.4. The van der Waals surface area contributed by atoms with Gasteiger partial charge in [-0.25, -0.2) is 0 Å². The molecule has 0 saturated heterocycles. The summed E-state index contributed by atoms with van der Waals surface area (Å²) >= 11 is 2.86. The molecule has 2 N–H and O–H groups in total. The van der Waals surface area contributed by atoms with Gasteiger partial charge < -0.3 is 10.6 Å². The van der Waals surface area contributed by atoms with Gasteiger partial charge in [0, 0.05) is 11.7 Å². The second kappa shape index (κ2) is 6.98. The third kappa shape index (κ3) is 4.43. The summed E-state index contributed by atoms with van der Waals surface area (Å²) in [6.07, 6.45) is 2.37. The number of hydrogen-bond acceptors (Lipinski definition) is 7. The molecule has 1 amide bonds. The van der Waals surface area contributed by atoms with Crippen LogP contribution in [0.4, 0.5) is 10.8 Å². The third-order valence-electron chi connectivity index (χ3n) is 3.24. The Morgan fingerprint density at radius 1 is 1.39 bits per heavy atom. The predicted molar refractivity (Wildman–Crippen MR) is 91.7 cm³/mol. The molecule has 118 valence electrons. The Bertz CT molecular complexity index is 733. The Morgan fingerprint density at radius 2 is 2.13 bits per heavy atom. The molecule has 8 heteroatoms. The number of nitrogens with one attached hydrogen (secondary N) is 2. The molecule has 1 saturated carbocycles. The quantitative estimate of drug-likeness (QED) is 0.782. The number of rotatable bonds is 6. The number of amides is 1. The lowest BCUT2D eigenvalue weighted by Crippen LogP contribution is -2.22. The standard InChI is InChI=1S/C15H15N5OS2/c1-9(13(21)17-11-4-2-10(8-16)3-5-11)22-15-20-19-14(23-15)18-12-6-7-12/h2-5,9,12H,6-7H2,1H3,(H,17,21)(H,18,19)/t9-/m0/s1. The van der Waals surface area contributed by atoms with Crippen LogP contribution in [-0.2, 0) is 4.79 Å². The lowest BCUT2D eigenvalue weighted by atomic mass is 10.2. The zero-order chi connectivity index (χ0) is 16.2. The van der Waals surface area contributed by atoms with Crippen LogP contribution < -0.4 is 10.6 Å². The highest BCUT2D eigenvalue weighted by atomic mass is 32.2. The van der Waals surface area contributed by atoms with Crippen LogP contribution >= 0.6 is 23.1 Å². The van der Waals surface area contributed by atoms with E-state index in [-0.39, 0.29) is 11.2 Å². The van der Waals surface area contributed by atoms with Gasteiger partial charge in [0.25, 0.3) is 0 Å². The largest absolute Gasteiger partial charge is 0.357 e. The van der Waals surface area contributed by atoms with E-state index in [9.17, 15) is 4.79 Å². The minimum absolute atomic E-state index is 0.105. The van der Waals surface area contributed by atoms with E-state index in [0.29, 0.717) is 17.3 Å². The molecular weight excluding hydrogens is 330 g/mol. The topological polar surface area (TPSA) is 90.7 Å². The van der Waals surface area contributed by atoms with E-state index in [0.717, 1.165) is 9.47 Å². The van der Waals surface area contributed by atoms with E-state index >= 15 is 0 Å². The molecule has 2 aromatic rings. The summed E-state index contributed by atoms with van der Waals surface area (Å²) in [4.78, 5) is 12.2. The SMILES string of the molecule is C[C@H](Sc1nnc(NC2CC2)s1)C(=O)Nc1ccc(C#N)cc1. The molecule has 1 aliphatic carbocycles. The number of carbonyl (C=O) groups is 1. The highest BCUT2D eigenvalue weighted by molar-refractivity contribution is 8.02. The normalized spacial score (nSPS) is 14.8. The fourth-order valence-corrected chi connectivity index (χ4v) is 3.77.